The summed E-state index contributed by atoms with van der Waals surface area (Å²) in [4.78, 5) is 0. The van der Waals surface area contributed by atoms with Gasteiger partial charge in [0.05, 0.1) is 0 Å². The molecule has 0 atom stereocenters. The molecule has 2 aromatic carbocycles. The molecule has 1 aliphatic heterocycles. The maximum absolute atomic E-state index is 16.4. The van der Waals surface area contributed by atoms with Crippen LogP contribution in [0.15, 0.2) is 24.3 Å². The summed E-state index contributed by atoms with van der Waals surface area (Å²) in [5.74, 6) is 1.59. The van der Waals surface area contributed by atoms with Gasteiger partial charge in [0.1, 0.15) is 11.5 Å². The molecule has 1 aliphatic rings. The summed E-state index contributed by atoms with van der Waals surface area (Å²) >= 11 is 0. The Kier molecular flexibility index (Phi) is 27.7. The van der Waals surface area contributed by atoms with Crippen LogP contribution in [0.3, 0.4) is 0 Å². The quantitative estimate of drug-likeness (QED) is 0.0502. The molecule has 0 aliphatic carbocycles. The number of aryl methyl sites for hydroxylation is 2. The molecule has 0 radical (unpaired) electrons. The molecule has 0 bridgehead atoms. The van der Waals surface area contributed by atoms with Crippen LogP contribution in [0.2, 0.25) is 0 Å². The maximum Gasteiger partial charge on any atom is 0.505 e. The van der Waals surface area contributed by atoms with E-state index in [4.69, 9.17) is 9.05 Å². The third-order valence-corrected chi connectivity index (χ3v) is 15.1. The number of hydrogen-bond donors (Lipinski definition) is 0. The summed E-state index contributed by atoms with van der Waals surface area (Å²) in [7, 11) is -2.65. The van der Waals surface area contributed by atoms with Crippen LogP contribution in [0, 0.1) is 13.8 Å². The van der Waals surface area contributed by atoms with Crippen molar-refractivity contribution in [1.82, 2.24) is 0 Å². The van der Waals surface area contributed by atoms with Crippen LogP contribution in [0.1, 0.15) is 306 Å². The van der Waals surface area contributed by atoms with Gasteiger partial charge in [-0.1, -0.05) is 283 Å². The first-order valence-electron chi connectivity index (χ1n) is 27.1. The van der Waals surface area contributed by atoms with Gasteiger partial charge in [-0.3, -0.25) is 0 Å². The molecule has 0 saturated carbocycles. The molecule has 0 amide bonds. The summed E-state index contributed by atoms with van der Waals surface area (Å²) in [5.41, 5.74) is 6.82. The first-order chi connectivity index (χ1) is 29.9. The molecule has 0 saturated heterocycles. The van der Waals surface area contributed by atoms with E-state index in [9.17, 15) is 0 Å². The number of halogens is 1. The molecule has 0 N–H and O–H groups in total. The first-order valence-corrected chi connectivity index (χ1v) is 28.1. The van der Waals surface area contributed by atoms with E-state index in [1.165, 1.54) is 204 Å². The molecule has 2 nitrogen and oxygen atoms in total. The van der Waals surface area contributed by atoms with Crippen molar-refractivity contribution in [2.45, 2.75) is 297 Å². The molecule has 0 spiro atoms. The predicted octanol–water partition coefficient (Wildman–Crippen LogP) is 21.3. The molecule has 4 heteroatoms. The summed E-state index contributed by atoms with van der Waals surface area (Å²) < 4.78 is 29.3. The average Bonchev–Trinajstić information content (AvgIpc) is 3.23. The largest absolute Gasteiger partial charge is 0.505 e. The number of fused-ring (bicyclic) bond motifs is 2. The fraction of sp³-hybridized carbons (Fsp3) is 0.793. The Hall–Kier alpha value is -1.60. The number of hydrogen-bond acceptors (Lipinski definition) is 2. The maximum atomic E-state index is 16.4. The minimum atomic E-state index is -2.65. The second-order valence-electron chi connectivity index (χ2n) is 21.4. The van der Waals surface area contributed by atoms with Gasteiger partial charge in [0.25, 0.3) is 0 Å². The van der Waals surface area contributed by atoms with E-state index in [0.29, 0.717) is 0 Å². The van der Waals surface area contributed by atoms with Gasteiger partial charge < -0.3 is 9.05 Å². The van der Waals surface area contributed by atoms with Gasteiger partial charge in [-0.2, -0.15) is 0 Å². The Morgan fingerprint density at radius 3 is 0.968 bits per heavy atom. The minimum Gasteiger partial charge on any atom is -0.414 e. The van der Waals surface area contributed by atoms with Gasteiger partial charge in [-0.05, 0) is 43.9 Å². The van der Waals surface area contributed by atoms with Crippen molar-refractivity contribution in [2.75, 3.05) is 0 Å². The second-order valence-corrected chi connectivity index (χ2v) is 22.2. The van der Waals surface area contributed by atoms with E-state index >= 15 is 4.20 Å². The highest BCUT2D eigenvalue weighted by molar-refractivity contribution is 7.42. The lowest BCUT2D eigenvalue weighted by molar-refractivity contribution is 0.382. The SMILES string of the molecule is CCCCCCCCCCCCCCCCCC(C)(C)c1cc(C)cc2c1OP(F)Oc1c(cc(C)cc1C(C)(C)CCCCCCCCCCCCCCCCC)C2CCC. The van der Waals surface area contributed by atoms with Crippen LogP contribution in [-0.4, -0.2) is 0 Å². The van der Waals surface area contributed by atoms with E-state index < -0.39 is 8.69 Å². The van der Waals surface area contributed by atoms with E-state index in [1.807, 2.05) is 0 Å². The summed E-state index contributed by atoms with van der Waals surface area (Å²) in [6, 6.07) is 9.15. The second kappa shape index (κ2) is 31.3. The summed E-state index contributed by atoms with van der Waals surface area (Å²) in [6.45, 7) is 20.7. The van der Waals surface area contributed by atoms with Gasteiger partial charge in [-0.25, -0.2) is 0 Å². The molecular weight excluding hydrogens is 779 g/mol. The van der Waals surface area contributed by atoms with Crippen molar-refractivity contribution in [3.05, 3.63) is 57.6 Å². The van der Waals surface area contributed by atoms with Crippen molar-refractivity contribution in [3.63, 3.8) is 0 Å². The zero-order valence-corrected chi connectivity index (χ0v) is 43.5. The summed E-state index contributed by atoms with van der Waals surface area (Å²) in [5, 5.41) is 0. The van der Waals surface area contributed by atoms with Gasteiger partial charge in [0, 0.05) is 28.2 Å². The average molecular weight is 879 g/mol. The van der Waals surface area contributed by atoms with E-state index in [1.54, 1.807) is 0 Å². The summed E-state index contributed by atoms with van der Waals surface area (Å²) in [6.07, 6.45) is 45.3. The smallest absolute Gasteiger partial charge is 0.414 e. The fourth-order valence-electron chi connectivity index (χ4n) is 10.4. The highest BCUT2D eigenvalue weighted by atomic mass is 31.2. The number of benzene rings is 2. The van der Waals surface area contributed by atoms with E-state index in [2.05, 4.69) is 86.6 Å². The van der Waals surface area contributed by atoms with Crippen molar-refractivity contribution < 1.29 is 13.2 Å². The first kappa shape index (κ1) is 54.7. The van der Waals surface area contributed by atoms with Gasteiger partial charge in [0.2, 0.25) is 0 Å². The van der Waals surface area contributed by atoms with E-state index in [0.717, 1.165) is 59.4 Å². The molecule has 356 valence electrons. The molecular formula is C58H100FO2P. The zero-order valence-electron chi connectivity index (χ0n) is 42.6. The highest BCUT2D eigenvalue weighted by Gasteiger charge is 2.37. The van der Waals surface area contributed by atoms with Crippen LogP contribution in [-0.2, 0) is 10.8 Å². The topological polar surface area (TPSA) is 18.5 Å². The third kappa shape index (κ3) is 20.3. The lowest BCUT2D eigenvalue weighted by Crippen LogP contribution is -2.23. The van der Waals surface area contributed by atoms with Crippen LogP contribution < -0.4 is 9.05 Å². The molecule has 0 fully saturated rings. The Labute approximate surface area is 386 Å². The monoisotopic (exact) mass is 879 g/mol. The standard InChI is InChI=1S/C58H100FO2P/c1-10-13-15-17-19-21-23-25-27-29-31-33-35-37-39-42-57(6,7)53-46-48(4)44-51-50(41-12-3)52-45-49(5)47-54(56(52)61-62(59)60-55(51)53)58(8,9)43-40-38-36-34-32-30-28-26-24-22-20-18-16-14-11-2/h44-47,50H,10-43H2,1-9H3. The lowest BCUT2D eigenvalue weighted by atomic mass is 9.74. The highest BCUT2D eigenvalue weighted by Crippen LogP contribution is 2.56. The Bertz CT molecular complexity index is 1360. The Balaban J connectivity index is 1.58. The Morgan fingerprint density at radius 2 is 0.694 bits per heavy atom. The van der Waals surface area contributed by atoms with E-state index in [-0.39, 0.29) is 16.7 Å². The predicted molar refractivity (Wildman–Crippen MR) is 274 cm³/mol. The molecule has 1 heterocycles. The molecule has 62 heavy (non-hydrogen) atoms. The normalized spacial score (nSPS) is 15.5. The fourth-order valence-corrected chi connectivity index (χ4v) is 11.1. The van der Waals surface area contributed by atoms with Crippen molar-refractivity contribution in [1.29, 1.82) is 0 Å². The molecule has 0 aromatic heterocycles. The Morgan fingerprint density at radius 1 is 0.419 bits per heavy atom. The van der Waals surface area contributed by atoms with Crippen LogP contribution >= 0.6 is 8.69 Å². The lowest BCUT2D eigenvalue weighted by Gasteiger charge is -2.36. The number of unbranched alkanes of at least 4 members (excludes halogenated alkanes) is 28. The zero-order chi connectivity index (χ0) is 45.1. The molecule has 3 rings (SSSR count). The van der Waals surface area contributed by atoms with Crippen LogP contribution in [0.25, 0.3) is 0 Å². The molecule has 0 unspecified atom stereocenters. The van der Waals surface area contributed by atoms with Gasteiger partial charge in [-0.15, -0.1) is 4.20 Å². The van der Waals surface area contributed by atoms with Crippen LogP contribution in [0.5, 0.6) is 11.5 Å². The van der Waals surface area contributed by atoms with Gasteiger partial charge in [0.15, 0.2) is 0 Å². The molecule has 2 aromatic rings. The third-order valence-electron chi connectivity index (χ3n) is 14.4. The minimum absolute atomic E-state index is 0.0918. The van der Waals surface area contributed by atoms with Crippen molar-refractivity contribution in [2.24, 2.45) is 0 Å². The van der Waals surface area contributed by atoms with Gasteiger partial charge >= 0.3 is 8.69 Å². The van der Waals surface area contributed by atoms with Crippen molar-refractivity contribution in [3.8, 4) is 11.5 Å². The van der Waals surface area contributed by atoms with Crippen molar-refractivity contribution >= 4 is 8.69 Å². The number of rotatable bonds is 36. The van der Waals surface area contributed by atoms with Crippen LogP contribution in [0.4, 0.5) is 4.20 Å².